The van der Waals surface area contributed by atoms with Gasteiger partial charge in [0.25, 0.3) is 0 Å². The van der Waals surface area contributed by atoms with Crippen molar-refractivity contribution in [2.45, 2.75) is 11.0 Å². The third kappa shape index (κ3) is 4.71. The lowest BCUT2D eigenvalue weighted by atomic mass is 9.96. The Morgan fingerprint density at radius 3 is 1.33 bits per heavy atom. The molecule has 0 aliphatic rings. The number of aromatic nitrogens is 1. The lowest BCUT2D eigenvalue weighted by Gasteiger charge is -2.13. The van der Waals surface area contributed by atoms with Crippen LogP contribution >= 0.6 is 0 Å². The second-order valence-corrected chi connectivity index (χ2v) is 11.3. The Hall–Kier alpha value is -3.98. The van der Waals surface area contributed by atoms with E-state index in [-0.39, 0.29) is 10.8 Å². The third-order valence-electron chi connectivity index (χ3n) is 5.71. The molecule has 0 saturated heterocycles. The van der Waals surface area contributed by atoms with Crippen LogP contribution in [0.15, 0.2) is 79.1 Å². The van der Waals surface area contributed by atoms with E-state index in [1.807, 2.05) is 0 Å². The zero-order valence-electron chi connectivity index (χ0n) is 19.0. The molecule has 15 heteroatoms. The summed E-state index contributed by atoms with van der Waals surface area (Å²) in [6, 6.07) is 15.4. The number of hydrogen-bond donors (Lipinski definition) is 0. The van der Waals surface area contributed by atoms with Gasteiger partial charge < -0.3 is 12.9 Å². The Morgan fingerprint density at radius 2 is 0.949 bits per heavy atom. The van der Waals surface area contributed by atoms with Gasteiger partial charge in [-0.25, -0.2) is 0 Å². The summed E-state index contributed by atoms with van der Waals surface area (Å²) < 4.78 is 134. The van der Waals surface area contributed by atoms with Crippen molar-refractivity contribution < 1.29 is 51.5 Å². The summed E-state index contributed by atoms with van der Waals surface area (Å²) >= 11 is 0. The number of fused-ring (bicyclic) bond motifs is 6. The van der Waals surface area contributed by atoms with Crippen LogP contribution in [-0.2, 0) is 20.2 Å². The average molecular weight is 589 g/mol. The fourth-order valence-electron chi connectivity index (χ4n) is 4.05. The molecule has 7 nitrogen and oxygen atoms in total. The van der Waals surface area contributed by atoms with Crippen LogP contribution in [-0.4, -0.2) is 32.4 Å². The van der Waals surface area contributed by atoms with Gasteiger partial charge in [0.1, 0.15) is 11.5 Å². The Kier molecular flexibility index (Phi) is 5.99. The first-order valence-electron chi connectivity index (χ1n) is 10.7. The van der Waals surface area contributed by atoms with Crippen molar-refractivity contribution in [2.75, 3.05) is 0 Å². The number of benzene rings is 4. The molecule has 0 atom stereocenters. The molecule has 0 N–H and O–H groups in total. The Labute approximate surface area is 216 Å². The van der Waals surface area contributed by atoms with Crippen molar-refractivity contribution in [1.82, 2.24) is 4.57 Å². The van der Waals surface area contributed by atoms with Gasteiger partial charge in [0.15, 0.2) is 0 Å². The van der Waals surface area contributed by atoms with Gasteiger partial charge in [0.2, 0.25) is 0 Å². The molecular formula is C24H13F6NO6S2. The van der Waals surface area contributed by atoms with E-state index < -0.39 is 42.8 Å². The SMILES string of the molecule is O=S(=O)(Oc1ccc2c(c1)c1cc(OS(=O)(=O)C(F)(F)F)ccc1c1cn(-c3ccccc3)cc21)C(F)(F)F. The van der Waals surface area contributed by atoms with E-state index in [0.717, 1.165) is 30.0 Å². The highest BCUT2D eigenvalue weighted by Crippen LogP contribution is 2.40. The van der Waals surface area contributed by atoms with Crippen molar-refractivity contribution in [1.29, 1.82) is 0 Å². The maximum absolute atomic E-state index is 12.9. The Bertz CT molecular complexity index is 1840. The number of rotatable bonds is 5. The fraction of sp³-hybridized carbons (Fsp3) is 0.0833. The summed E-state index contributed by atoms with van der Waals surface area (Å²) in [5.74, 6) is -1.45. The van der Waals surface area contributed by atoms with Gasteiger partial charge in [-0.05, 0) is 70.1 Å². The molecule has 0 saturated carbocycles. The first kappa shape index (κ1) is 26.6. The predicted molar refractivity (Wildman–Crippen MR) is 129 cm³/mol. The zero-order chi connectivity index (χ0) is 28.4. The minimum atomic E-state index is -6.03. The van der Waals surface area contributed by atoms with Gasteiger partial charge in [-0.1, -0.05) is 18.2 Å². The van der Waals surface area contributed by atoms with E-state index in [2.05, 4.69) is 8.37 Å². The summed E-state index contributed by atoms with van der Waals surface area (Å²) in [5.41, 5.74) is -10.7. The molecule has 1 aromatic heterocycles. The molecule has 1 heterocycles. The fourth-order valence-corrected chi connectivity index (χ4v) is 4.95. The lowest BCUT2D eigenvalue weighted by Crippen LogP contribution is -2.28. The molecule has 5 aromatic rings. The van der Waals surface area contributed by atoms with Gasteiger partial charge in [-0.3, -0.25) is 0 Å². The van der Waals surface area contributed by atoms with Crippen LogP contribution in [0.4, 0.5) is 26.3 Å². The molecule has 5 rings (SSSR count). The molecule has 0 aliphatic heterocycles. The molecule has 0 radical (unpaired) electrons. The Morgan fingerprint density at radius 1 is 0.538 bits per heavy atom. The van der Waals surface area contributed by atoms with E-state index >= 15 is 0 Å². The maximum Gasteiger partial charge on any atom is 0.534 e. The van der Waals surface area contributed by atoms with E-state index in [0.29, 0.717) is 21.5 Å². The molecule has 0 spiro atoms. The molecular weight excluding hydrogens is 576 g/mol. The topological polar surface area (TPSA) is 91.7 Å². The van der Waals surface area contributed by atoms with Crippen LogP contribution in [0.25, 0.3) is 38.0 Å². The van der Waals surface area contributed by atoms with Crippen molar-refractivity contribution >= 4 is 52.6 Å². The number of para-hydroxylation sites is 1. The van der Waals surface area contributed by atoms with Crippen LogP contribution in [0.5, 0.6) is 11.5 Å². The second-order valence-electron chi connectivity index (χ2n) is 8.21. The number of hydrogen-bond acceptors (Lipinski definition) is 6. The van der Waals surface area contributed by atoms with Gasteiger partial charge >= 0.3 is 31.3 Å². The van der Waals surface area contributed by atoms with Crippen LogP contribution in [0.3, 0.4) is 0 Å². The monoisotopic (exact) mass is 589 g/mol. The van der Waals surface area contributed by atoms with Crippen molar-refractivity contribution in [3.05, 3.63) is 79.1 Å². The molecule has 39 heavy (non-hydrogen) atoms. The third-order valence-corrected chi connectivity index (χ3v) is 7.67. The van der Waals surface area contributed by atoms with Crippen molar-refractivity contribution in [3.63, 3.8) is 0 Å². The molecule has 204 valence electrons. The highest BCUT2D eigenvalue weighted by Gasteiger charge is 2.49. The summed E-state index contributed by atoms with van der Waals surface area (Å²) in [6.45, 7) is 0. The van der Waals surface area contributed by atoms with Crippen molar-refractivity contribution in [2.24, 2.45) is 0 Å². The highest BCUT2D eigenvalue weighted by molar-refractivity contribution is 7.88. The quantitative estimate of drug-likeness (QED) is 0.102. The molecule has 0 fully saturated rings. The summed E-state index contributed by atoms with van der Waals surface area (Å²) in [4.78, 5) is 0. The van der Waals surface area contributed by atoms with E-state index in [1.165, 1.54) is 12.1 Å². The van der Waals surface area contributed by atoms with E-state index in [9.17, 15) is 43.2 Å². The van der Waals surface area contributed by atoms with E-state index in [1.54, 1.807) is 47.3 Å². The normalized spacial score (nSPS) is 13.3. The van der Waals surface area contributed by atoms with Crippen LogP contribution in [0.1, 0.15) is 0 Å². The van der Waals surface area contributed by atoms with Crippen LogP contribution in [0.2, 0.25) is 0 Å². The zero-order valence-corrected chi connectivity index (χ0v) is 20.6. The standard InChI is InChI=1S/C24H13F6NO6S2/c25-23(26,27)38(32,33)36-15-6-8-17-19(10-15)20-11-16(37-39(34,35)24(28,29)30)7-9-18(20)22-13-31(12-21(17)22)14-4-2-1-3-5-14/h1-13H. The molecule has 0 amide bonds. The second kappa shape index (κ2) is 8.77. The predicted octanol–water partition coefficient (Wildman–Crippen LogP) is 6.39. The minimum absolute atomic E-state index is 0.0630. The van der Waals surface area contributed by atoms with Gasteiger partial charge in [0, 0.05) is 28.9 Å². The van der Waals surface area contributed by atoms with Crippen LogP contribution < -0.4 is 8.37 Å². The van der Waals surface area contributed by atoms with E-state index in [4.69, 9.17) is 0 Å². The van der Waals surface area contributed by atoms with Gasteiger partial charge in [-0.2, -0.15) is 43.2 Å². The summed E-state index contributed by atoms with van der Waals surface area (Å²) in [5, 5.41) is 1.96. The number of alkyl halides is 6. The van der Waals surface area contributed by atoms with Gasteiger partial charge in [-0.15, -0.1) is 0 Å². The average Bonchev–Trinajstić information content (AvgIpc) is 3.28. The molecule has 0 unspecified atom stereocenters. The first-order valence-corrected chi connectivity index (χ1v) is 13.5. The highest BCUT2D eigenvalue weighted by atomic mass is 32.2. The Balaban J connectivity index is 1.79. The smallest absolute Gasteiger partial charge is 0.376 e. The number of halogens is 6. The minimum Gasteiger partial charge on any atom is -0.376 e. The largest absolute Gasteiger partial charge is 0.534 e. The molecule has 0 bridgehead atoms. The first-order chi connectivity index (χ1) is 18.1. The maximum atomic E-state index is 12.9. The van der Waals surface area contributed by atoms with Gasteiger partial charge in [0.05, 0.1) is 0 Å². The summed E-state index contributed by atoms with van der Waals surface area (Å²) in [6.07, 6.45) is 3.41. The number of nitrogens with zero attached hydrogens (tertiary/aromatic N) is 1. The van der Waals surface area contributed by atoms with Crippen molar-refractivity contribution in [3.8, 4) is 17.2 Å². The summed E-state index contributed by atoms with van der Waals surface area (Å²) in [7, 11) is -12.1. The molecule has 0 aliphatic carbocycles. The molecule has 4 aromatic carbocycles. The van der Waals surface area contributed by atoms with Crippen LogP contribution in [0, 0.1) is 0 Å². The lowest BCUT2D eigenvalue weighted by molar-refractivity contribution is -0.0504.